The summed E-state index contributed by atoms with van der Waals surface area (Å²) in [4.78, 5) is 25.2. The Hall–Kier alpha value is -3.09. The number of carbonyl (C=O) groups excluding carboxylic acids is 1. The molecule has 1 amide bonds. The molecule has 0 bridgehead atoms. The van der Waals surface area contributed by atoms with Gasteiger partial charge in [0.15, 0.2) is 6.10 Å². The summed E-state index contributed by atoms with van der Waals surface area (Å²) in [5.74, 6) is -0.219. The lowest BCUT2D eigenvalue weighted by atomic mass is 10.0. The van der Waals surface area contributed by atoms with Crippen molar-refractivity contribution < 1.29 is 31.5 Å². The summed E-state index contributed by atoms with van der Waals surface area (Å²) < 4.78 is 72.7. The number of ether oxygens (including phenoxy) is 1. The number of cyclic esters (lactones) is 1. The Bertz CT molecular complexity index is 1000. The van der Waals surface area contributed by atoms with Gasteiger partial charge in [-0.2, -0.15) is 13.2 Å². The number of hydrogen-bond acceptors (Lipinski definition) is 7. The first-order valence-corrected chi connectivity index (χ1v) is 9.33. The van der Waals surface area contributed by atoms with Crippen LogP contribution < -0.4 is 15.5 Å². The molecule has 0 spiro atoms. The van der Waals surface area contributed by atoms with E-state index in [1.54, 1.807) is 4.90 Å². The van der Waals surface area contributed by atoms with Crippen molar-refractivity contribution in [1.29, 1.82) is 0 Å². The van der Waals surface area contributed by atoms with E-state index in [2.05, 4.69) is 30.3 Å². The molecule has 0 unspecified atom stereocenters. The molecule has 4 heterocycles. The van der Waals surface area contributed by atoms with Crippen molar-refractivity contribution in [2.45, 2.75) is 31.7 Å². The molecule has 2 N–H and O–H groups in total. The fourth-order valence-electron chi connectivity index (χ4n) is 3.58. The topological polar surface area (TPSA) is 92.3 Å². The number of amides is 1. The van der Waals surface area contributed by atoms with E-state index < -0.39 is 30.4 Å². The van der Waals surface area contributed by atoms with E-state index >= 15 is 0 Å². The molecule has 0 aliphatic carbocycles. The van der Waals surface area contributed by atoms with Crippen LogP contribution in [0.2, 0.25) is 0 Å². The third kappa shape index (κ3) is 4.09. The number of fused-ring (bicyclic) bond motifs is 1. The fourth-order valence-corrected chi connectivity index (χ4v) is 3.58. The lowest BCUT2D eigenvalue weighted by molar-refractivity contribution is -0.137. The van der Waals surface area contributed by atoms with Gasteiger partial charge in [0.05, 0.1) is 16.8 Å². The van der Waals surface area contributed by atoms with E-state index in [1.807, 2.05) is 6.92 Å². The third-order valence-electron chi connectivity index (χ3n) is 5.03. The quantitative estimate of drug-likeness (QED) is 0.703. The van der Waals surface area contributed by atoms with Gasteiger partial charge in [0, 0.05) is 25.7 Å². The van der Waals surface area contributed by atoms with Crippen LogP contribution in [0.1, 0.15) is 24.2 Å². The Kier molecular flexibility index (Phi) is 5.37. The maximum absolute atomic E-state index is 13.6. The summed E-state index contributed by atoms with van der Waals surface area (Å²) >= 11 is 0. The molecule has 2 atom stereocenters. The summed E-state index contributed by atoms with van der Waals surface area (Å²) in [6.07, 6.45) is -10.1. The average Bonchev–Trinajstić information content (AvgIpc) is 2.72. The van der Waals surface area contributed by atoms with Gasteiger partial charge in [-0.15, -0.1) is 0 Å². The lowest BCUT2D eigenvalue weighted by Crippen LogP contribution is -2.50. The van der Waals surface area contributed by atoms with Crippen LogP contribution in [0.25, 0.3) is 11.4 Å². The Labute approximate surface area is 172 Å². The summed E-state index contributed by atoms with van der Waals surface area (Å²) in [6, 6.07) is 1.51. The zero-order chi connectivity index (χ0) is 22.3. The smallest absolute Gasteiger partial charge is 0.416 e. The van der Waals surface area contributed by atoms with Crippen LogP contribution in [-0.2, 0) is 10.9 Å². The highest BCUT2D eigenvalue weighted by Gasteiger charge is 2.39. The molecule has 1 saturated heterocycles. The molecular formula is C18H17F5N6O2. The van der Waals surface area contributed by atoms with Gasteiger partial charge in [-0.3, -0.25) is 5.32 Å². The van der Waals surface area contributed by atoms with Crippen molar-refractivity contribution in [3.05, 3.63) is 29.6 Å². The molecule has 0 aromatic carbocycles. The predicted octanol–water partition coefficient (Wildman–Crippen LogP) is 3.22. The highest BCUT2D eigenvalue weighted by Crippen LogP contribution is 2.41. The number of carbonyl (C=O) groups is 1. The SMILES string of the molecule is C[C@@H]1CNCCN1c1cc(C(F)(F)F)cc(-c2ncnc3c2[C@H](C(F)F)OC(=O)N3)n1. The predicted molar refractivity (Wildman–Crippen MR) is 98.8 cm³/mol. The van der Waals surface area contributed by atoms with Crippen molar-refractivity contribution in [1.82, 2.24) is 20.3 Å². The average molecular weight is 444 g/mol. The maximum Gasteiger partial charge on any atom is 0.416 e. The summed E-state index contributed by atoms with van der Waals surface area (Å²) in [7, 11) is 0. The van der Waals surface area contributed by atoms with E-state index in [9.17, 15) is 26.7 Å². The molecule has 13 heteroatoms. The van der Waals surface area contributed by atoms with Crippen LogP contribution in [-0.4, -0.2) is 53.1 Å². The first-order valence-electron chi connectivity index (χ1n) is 9.33. The van der Waals surface area contributed by atoms with Gasteiger partial charge in [0.1, 0.15) is 23.7 Å². The van der Waals surface area contributed by atoms with Gasteiger partial charge < -0.3 is 15.0 Å². The molecule has 0 radical (unpaired) electrons. The molecule has 2 aromatic rings. The van der Waals surface area contributed by atoms with Gasteiger partial charge >= 0.3 is 12.3 Å². The maximum atomic E-state index is 13.6. The normalized spacial score (nSPS) is 21.5. The van der Waals surface area contributed by atoms with Crippen molar-refractivity contribution in [3.8, 4) is 11.4 Å². The molecule has 166 valence electrons. The second-order valence-corrected chi connectivity index (χ2v) is 7.11. The minimum Gasteiger partial charge on any atom is -0.435 e. The van der Waals surface area contributed by atoms with E-state index in [0.29, 0.717) is 19.6 Å². The van der Waals surface area contributed by atoms with Crippen molar-refractivity contribution >= 4 is 17.7 Å². The third-order valence-corrected chi connectivity index (χ3v) is 5.03. The number of nitrogens with zero attached hydrogens (tertiary/aromatic N) is 4. The van der Waals surface area contributed by atoms with Crippen LogP contribution in [0.4, 0.5) is 38.4 Å². The summed E-state index contributed by atoms with van der Waals surface area (Å²) in [6.45, 7) is 3.34. The van der Waals surface area contributed by atoms with Crippen LogP contribution >= 0.6 is 0 Å². The number of hydrogen-bond donors (Lipinski definition) is 2. The number of aromatic nitrogens is 3. The molecule has 2 aromatic heterocycles. The van der Waals surface area contributed by atoms with E-state index in [-0.39, 0.29) is 34.6 Å². The summed E-state index contributed by atoms with van der Waals surface area (Å²) in [5.41, 5.74) is -1.88. The molecule has 2 aliphatic heterocycles. The number of anilines is 2. The Morgan fingerprint density at radius 3 is 2.71 bits per heavy atom. The second kappa shape index (κ2) is 7.87. The zero-order valence-electron chi connectivity index (χ0n) is 16.1. The Morgan fingerprint density at radius 1 is 1.26 bits per heavy atom. The lowest BCUT2D eigenvalue weighted by Gasteiger charge is -2.35. The monoisotopic (exact) mass is 444 g/mol. The minimum absolute atomic E-state index is 0.0422. The standard InChI is InChI=1S/C18H17F5N6O2/c1-8-6-24-2-3-29(8)11-5-9(18(21,22)23)4-10(27-11)13-12-14(15(19)20)31-17(30)28-16(12)26-7-25-13/h4-5,7-8,14-15,24H,2-3,6H2,1H3,(H,25,26,28,30)/t8-,14-/m1/s1. The highest BCUT2D eigenvalue weighted by atomic mass is 19.4. The van der Waals surface area contributed by atoms with Crippen molar-refractivity contribution in [2.75, 3.05) is 29.9 Å². The largest absolute Gasteiger partial charge is 0.435 e. The minimum atomic E-state index is -4.70. The fraction of sp³-hybridized carbons (Fsp3) is 0.444. The molecule has 4 rings (SSSR count). The van der Waals surface area contributed by atoms with Crippen molar-refractivity contribution in [3.63, 3.8) is 0 Å². The number of halogens is 5. The van der Waals surface area contributed by atoms with E-state index in [0.717, 1.165) is 18.5 Å². The van der Waals surface area contributed by atoms with Crippen molar-refractivity contribution in [2.24, 2.45) is 0 Å². The number of nitrogens with one attached hydrogen (secondary N) is 2. The van der Waals surface area contributed by atoms with Gasteiger partial charge in [-0.05, 0) is 19.1 Å². The van der Waals surface area contributed by atoms with Gasteiger partial charge in [0.25, 0.3) is 6.43 Å². The van der Waals surface area contributed by atoms with Gasteiger partial charge in [-0.1, -0.05) is 0 Å². The molecule has 0 saturated carbocycles. The van der Waals surface area contributed by atoms with E-state index in [4.69, 9.17) is 0 Å². The summed E-state index contributed by atoms with van der Waals surface area (Å²) in [5, 5.41) is 5.31. The second-order valence-electron chi connectivity index (χ2n) is 7.11. The first kappa shape index (κ1) is 21.2. The number of piperazine rings is 1. The zero-order valence-corrected chi connectivity index (χ0v) is 16.1. The van der Waals surface area contributed by atoms with Gasteiger partial charge in [0.2, 0.25) is 0 Å². The highest BCUT2D eigenvalue weighted by molar-refractivity contribution is 5.88. The Morgan fingerprint density at radius 2 is 2.03 bits per heavy atom. The van der Waals surface area contributed by atoms with Crippen LogP contribution in [0.3, 0.4) is 0 Å². The molecular weight excluding hydrogens is 427 g/mol. The first-order chi connectivity index (χ1) is 14.6. The Balaban J connectivity index is 1.90. The molecule has 31 heavy (non-hydrogen) atoms. The van der Waals surface area contributed by atoms with Crippen LogP contribution in [0.5, 0.6) is 0 Å². The number of pyridine rings is 1. The van der Waals surface area contributed by atoms with Gasteiger partial charge in [-0.25, -0.2) is 28.5 Å². The molecule has 2 aliphatic rings. The number of rotatable bonds is 3. The van der Waals surface area contributed by atoms with E-state index in [1.165, 1.54) is 0 Å². The van der Waals surface area contributed by atoms with Crippen LogP contribution in [0, 0.1) is 0 Å². The molecule has 8 nitrogen and oxygen atoms in total. The molecule has 1 fully saturated rings. The van der Waals surface area contributed by atoms with Crippen LogP contribution in [0.15, 0.2) is 18.5 Å². The number of alkyl halides is 5.